The predicted octanol–water partition coefficient (Wildman–Crippen LogP) is 4.70. The zero-order valence-corrected chi connectivity index (χ0v) is 11.9. The lowest BCUT2D eigenvalue weighted by Gasteiger charge is -2.19. The third kappa shape index (κ3) is 3.11. The minimum absolute atomic E-state index is 0.649. The van der Waals surface area contributed by atoms with Crippen molar-refractivity contribution in [3.63, 3.8) is 0 Å². The summed E-state index contributed by atoms with van der Waals surface area (Å²) in [4.78, 5) is 0. The van der Waals surface area contributed by atoms with Gasteiger partial charge >= 0.3 is 0 Å². The summed E-state index contributed by atoms with van der Waals surface area (Å²) in [6, 6.07) is 12.1. The van der Waals surface area contributed by atoms with Gasteiger partial charge < -0.3 is 0 Å². The zero-order valence-electron chi connectivity index (χ0n) is 10.0. The van der Waals surface area contributed by atoms with Gasteiger partial charge in [-0.3, -0.25) is 0 Å². The smallest absolute Gasteiger partial charge is 0.144 e. The van der Waals surface area contributed by atoms with Crippen molar-refractivity contribution in [1.29, 1.82) is 0 Å². The first-order valence-corrected chi connectivity index (χ1v) is 9.69. The van der Waals surface area contributed by atoms with Crippen LogP contribution < -0.4 is 0 Å². The molecule has 1 aromatic carbocycles. The average molecular weight is 253 g/mol. The molecule has 2 rings (SSSR count). The van der Waals surface area contributed by atoms with Crippen molar-refractivity contribution in [2.45, 2.75) is 50.1 Å². The fraction of sp³-hybridized carbons (Fsp3) is 0.571. The zero-order chi connectivity index (χ0) is 11.4. The van der Waals surface area contributed by atoms with E-state index in [-0.39, 0.29) is 0 Å². The Kier molecular flexibility index (Phi) is 4.48. The molecule has 2 heteroatoms. The molecule has 1 saturated carbocycles. The van der Waals surface area contributed by atoms with E-state index in [9.17, 15) is 0 Å². The maximum atomic E-state index is 6.67. The molecule has 0 aromatic heterocycles. The van der Waals surface area contributed by atoms with Crippen molar-refractivity contribution in [2.24, 2.45) is 0 Å². The minimum atomic E-state index is -1.01. The molecule has 2 unspecified atom stereocenters. The molecule has 88 valence electrons. The summed E-state index contributed by atoms with van der Waals surface area (Å²) < 4.78 is 0. The van der Waals surface area contributed by atoms with Gasteiger partial charge in [0.1, 0.15) is 8.11 Å². The summed E-state index contributed by atoms with van der Waals surface area (Å²) in [5.41, 5.74) is 2.37. The molecule has 1 aromatic rings. The molecule has 0 nitrogen and oxygen atoms in total. The van der Waals surface area contributed by atoms with Crippen molar-refractivity contribution >= 4 is 19.2 Å². The average Bonchev–Trinajstić information content (AvgIpc) is 2.83. The highest BCUT2D eigenvalue weighted by atomic mass is 35.6. The molecule has 0 heterocycles. The van der Waals surface area contributed by atoms with E-state index in [4.69, 9.17) is 11.1 Å². The summed E-state index contributed by atoms with van der Waals surface area (Å²) in [5.74, 6) is 0.649. The van der Waals surface area contributed by atoms with Gasteiger partial charge in [0.25, 0.3) is 0 Å². The van der Waals surface area contributed by atoms with E-state index >= 15 is 0 Å². The molecule has 0 radical (unpaired) electrons. The number of rotatable bonds is 4. The van der Waals surface area contributed by atoms with E-state index in [1.54, 1.807) is 0 Å². The molecule has 0 amide bonds. The van der Waals surface area contributed by atoms with Crippen LogP contribution >= 0.6 is 11.1 Å². The number of halogens is 1. The first kappa shape index (κ1) is 12.2. The van der Waals surface area contributed by atoms with Crippen LogP contribution in [0.25, 0.3) is 0 Å². The van der Waals surface area contributed by atoms with Gasteiger partial charge in [-0.25, -0.2) is 0 Å². The molecule has 0 bridgehead atoms. The van der Waals surface area contributed by atoms with Crippen LogP contribution in [0.3, 0.4) is 0 Å². The molecule has 0 aliphatic heterocycles. The van der Waals surface area contributed by atoms with Crippen LogP contribution in [0.5, 0.6) is 0 Å². The van der Waals surface area contributed by atoms with E-state index in [0.717, 1.165) is 5.54 Å². The normalized spacial score (nSPS) is 20.9. The molecule has 0 spiro atoms. The van der Waals surface area contributed by atoms with E-state index in [1.807, 2.05) is 0 Å². The lowest BCUT2D eigenvalue weighted by Crippen LogP contribution is -2.14. The van der Waals surface area contributed by atoms with Gasteiger partial charge in [0.15, 0.2) is 0 Å². The third-order valence-corrected chi connectivity index (χ3v) is 8.31. The Morgan fingerprint density at radius 2 is 1.88 bits per heavy atom. The summed E-state index contributed by atoms with van der Waals surface area (Å²) in [5, 5.41) is 0. The van der Waals surface area contributed by atoms with Gasteiger partial charge in [0.05, 0.1) is 0 Å². The fourth-order valence-electron chi connectivity index (χ4n) is 2.77. The maximum absolute atomic E-state index is 6.67. The van der Waals surface area contributed by atoms with Gasteiger partial charge in [0, 0.05) is 0 Å². The second-order valence-electron chi connectivity index (χ2n) is 5.11. The Morgan fingerprint density at radius 3 is 2.50 bits per heavy atom. The summed E-state index contributed by atoms with van der Waals surface area (Å²) in [7, 11) is -1.01. The van der Waals surface area contributed by atoms with E-state index < -0.39 is 8.11 Å². The van der Waals surface area contributed by atoms with Crippen molar-refractivity contribution in [2.75, 3.05) is 0 Å². The highest BCUT2D eigenvalue weighted by Crippen LogP contribution is 2.38. The van der Waals surface area contributed by atoms with Gasteiger partial charge in [-0.1, -0.05) is 62.9 Å². The van der Waals surface area contributed by atoms with E-state index in [0.29, 0.717) is 5.92 Å². The summed E-state index contributed by atoms with van der Waals surface area (Å²) >= 11 is 6.67. The van der Waals surface area contributed by atoms with Crippen molar-refractivity contribution < 1.29 is 0 Å². The highest BCUT2D eigenvalue weighted by Gasteiger charge is 2.26. The first-order chi connectivity index (χ1) is 7.77. The first-order valence-electron chi connectivity index (χ1n) is 6.46. The SMILES string of the molecule is CC(C[SiH](Cl)C1CCCC1)c1ccccc1. The molecule has 1 fully saturated rings. The standard InChI is InChI=1S/C14H21ClSi/c1-12(13-7-3-2-4-8-13)11-16(15)14-9-5-6-10-14/h2-4,7-8,12,14,16H,5-6,9-11H2,1H3. The quantitative estimate of drug-likeness (QED) is 0.538. The highest BCUT2D eigenvalue weighted by molar-refractivity contribution is 7.07. The van der Waals surface area contributed by atoms with Gasteiger partial charge in [0.2, 0.25) is 0 Å². The van der Waals surface area contributed by atoms with Crippen LogP contribution in [0.1, 0.15) is 44.1 Å². The molecule has 2 atom stereocenters. The Bertz CT molecular complexity index is 306. The summed E-state index contributed by atoms with van der Waals surface area (Å²) in [6.07, 6.45) is 5.64. The second kappa shape index (κ2) is 5.88. The van der Waals surface area contributed by atoms with Crippen LogP contribution in [-0.4, -0.2) is 8.11 Å². The Balaban J connectivity index is 1.89. The molecule has 0 N–H and O–H groups in total. The van der Waals surface area contributed by atoms with Crippen molar-refractivity contribution in [3.8, 4) is 0 Å². The fourth-order valence-corrected chi connectivity index (χ4v) is 6.85. The molecular weight excluding hydrogens is 232 g/mol. The number of hydrogen-bond acceptors (Lipinski definition) is 0. The molecule has 1 aliphatic rings. The van der Waals surface area contributed by atoms with Crippen LogP contribution in [0.4, 0.5) is 0 Å². The molecule has 16 heavy (non-hydrogen) atoms. The van der Waals surface area contributed by atoms with Crippen LogP contribution in [-0.2, 0) is 0 Å². The Labute approximate surface area is 105 Å². The summed E-state index contributed by atoms with van der Waals surface area (Å²) in [6.45, 7) is 2.33. The lowest BCUT2D eigenvalue weighted by atomic mass is 10.0. The topological polar surface area (TPSA) is 0 Å². The number of benzene rings is 1. The van der Waals surface area contributed by atoms with Crippen molar-refractivity contribution in [3.05, 3.63) is 35.9 Å². The monoisotopic (exact) mass is 252 g/mol. The van der Waals surface area contributed by atoms with Crippen LogP contribution in [0.2, 0.25) is 11.6 Å². The van der Waals surface area contributed by atoms with Crippen LogP contribution in [0.15, 0.2) is 30.3 Å². The second-order valence-corrected chi connectivity index (χ2v) is 9.24. The minimum Gasteiger partial charge on any atom is -0.171 e. The Morgan fingerprint density at radius 1 is 1.25 bits per heavy atom. The van der Waals surface area contributed by atoms with Gasteiger partial charge in [-0.15, -0.1) is 0 Å². The maximum Gasteiger partial charge on any atom is 0.144 e. The van der Waals surface area contributed by atoms with E-state index in [2.05, 4.69) is 37.3 Å². The van der Waals surface area contributed by atoms with Gasteiger partial charge in [-0.2, -0.15) is 11.1 Å². The van der Waals surface area contributed by atoms with Crippen molar-refractivity contribution in [1.82, 2.24) is 0 Å². The molecule has 1 aliphatic carbocycles. The van der Waals surface area contributed by atoms with E-state index in [1.165, 1.54) is 37.3 Å². The van der Waals surface area contributed by atoms with Crippen LogP contribution in [0, 0.1) is 0 Å². The lowest BCUT2D eigenvalue weighted by molar-refractivity contribution is 0.808. The molecular formula is C14H21ClSi. The molecule has 0 saturated heterocycles. The predicted molar refractivity (Wildman–Crippen MR) is 74.9 cm³/mol. The Hall–Kier alpha value is -0.273. The largest absolute Gasteiger partial charge is 0.171 e. The third-order valence-electron chi connectivity index (χ3n) is 3.86. The van der Waals surface area contributed by atoms with Gasteiger partial charge in [-0.05, 0) is 23.1 Å². The number of hydrogen-bond donors (Lipinski definition) is 0.